The minimum atomic E-state index is -0.692. The molecule has 2 heterocycles. The molecule has 2 aromatic rings. The van der Waals surface area contributed by atoms with E-state index >= 15 is 0 Å². The molecule has 38 heavy (non-hydrogen) atoms. The van der Waals surface area contributed by atoms with Gasteiger partial charge < -0.3 is 19.9 Å². The Balaban J connectivity index is 1.60. The third-order valence-electron chi connectivity index (χ3n) is 7.11. The lowest BCUT2D eigenvalue weighted by atomic mass is 9.99. The van der Waals surface area contributed by atoms with E-state index in [9.17, 15) is 18.8 Å². The second-order valence-corrected chi connectivity index (χ2v) is 10.4. The van der Waals surface area contributed by atoms with E-state index in [1.807, 2.05) is 37.4 Å². The number of methoxy groups -OCH3 is 1. The van der Waals surface area contributed by atoms with Crippen LogP contribution in [0.1, 0.15) is 30.5 Å². The maximum Gasteiger partial charge on any atom is 0.334 e. The fraction of sp³-hybridized carbons (Fsp3) is 0.444. The molecule has 0 aromatic heterocycles. The number of nitrogens with zero attached hydrogens (tertiary/aromatic N) is 4. The topological polar surface area (TPSA) is 85.4 Å². The smallest absolute Gasteiger partial charge is 0.334 e. The van der Waals surface area contributed by atoms with E-state index in [-0.39, 0.29) is 42.8 Å². The van der Waals surface area contributed by atoms with Crippen molar-refractivity contribution in [2.24, 2.45) is 0 Å². The Bertz CT molecular complexity index is 1150. The maximum absolute atomic E-state index is 13.7. The predicted octanol–water partition coefficient (Wildman–Crippen LogP) is 3.09. The number of hydrogen-bond donors (Lipinski definition) is 1. The SMILES string of the molecule is COc1ccc(CNC(=O)N2[C@H]3CN(C(C)c4ccc(F)cc4)C(=O)[C@H](CCSC)N3C(=O)CN2C)cc1. The maximum atomic E-state index is 13.7. The summed E-state index contributed by atoms with van der Waals surface area (Å²) in [5, 5.41) is 6.09. The van der Waals surface area contributed by atoms with Crippen molar-refractivity contribution in [3.8, 4) is 5.75 Å². The van der Waals surface area contributed by atoms with Crippen LogP contribution in [0.2, 0.25) is 0 Å². The van der Waals surface area contributed by atoms with Crippen molar-refractivity contribution in [2.45, 2.75) is 38.1 Å². The van der Waals surface area contributed by atoms with Crippen LogP contribution < -0.4 is 10.1 Å². The molecule has 0 bridgehead atoms. The van der Waals surface area contributed by atoms with Gasteiger partial charge in [-0.1, -0.05) is 24.3 Å². The summed E-state index contributed by atoms with van der Waals surface area (Å²) in [7, 11) is 3.29. The van der Waals surface area contributed by atoms with Crippen LogP contribution in [0.4, 0.5) is 9.18 Å². The Morgan fingerprint density at radius 2 is 1.84 bits per heavy atom. The lowest BCUT2D eigenvalue weighted by Crippen LogP contribution is -2.76. The molecule has 1 unspecified atom stereocenters. The van der Waals surface area contributed by atoms with Gasteiger partial charge >= 0.3 is 6.03 Å². The molecule has 0 saturated carbocycles. The third-order valence-corrected chi connectivity index (χ3v) is 7.76. The highest BCUT2D eigenvalue weighted by atomic mass is 32.2. The molecule has 0 radical (unpaired) electrons. The molecule has 0 aliphatic carbocycles. The summed E-state index contributed by atoms with van der Waals surface area (Å²) in [6.07, 6.45) is 1.75. The number of hydrazine groups is 1. The Morgan fingerprint density at radius 1 is 1.16 bits per heavy atom. The minimum absolute atomic E-state index is 0.0109. The number of thioether (sulfide) groups is 1. The van der Waals surface area contributed by atoms with E-state index in [0.717, 1.165) is 16.9 Å². The zero-order valence-electron chi connectivity index (χ0n) is 22.1. The Labute approximate surface area is 226 Å². The van der Waals surface area contributed by atoms with Crippen LogP contribution in [0.5, 0.6) is 5.75 Å². The first-order valence-corrected chi connectivity index (χ1v) is 13.9. The summed E-state index contributed by atoms with van der Waals surface area (Å²) < 4.78 is 18.8. The van der Waals surface area contributed by atoms with Gasteiger partial charge in [0, 0.05) is 13.6 Å². The molecule has 3 atom stereocenters. The first-order chi connectivity index (χ1) is 18.2. The highest BCUT2D eigenvalue weighted by Gasteiger charge is 2.51. The standard InChI is InChI=1S/C27H34FN5O4S/c1-18(20-7-9-21(28)10-8-20)31-16-24-32(23(26(31)35)13-14-38-4)25(34)17-30(2)33(24)27(36)29-15-19-5-11-22(37-3)12-6-19/h5-12,18,23-24H,13-17H2,1-4H3,(H,29,36)/t18?,23-,24-/m0/s1. The zero-order valence-corrected chi connectivity index (χ0v) is 22.9. The molecule has 2 aliphatic heterocycles. The lowest BCUT2D eigenvalue weighted by molar-refractivity contribution is -0.189. The molecule has 204 valence electrons. The number of urea groups is 1. The van der Waals surface area contributed by atoms with Crippen molar-refractivity contribution < 1.29 is 23.5 Å². The predicted molar refractivity (Wildman–Crippen MR) is 144 cm³/mol. The summed E-state index contributed by atoms with van der Waals surface area (Å²) in [6, 6.07) is 12.0. The van der Waals surface area contributed by atoms with Crippen LogP contribution >= 0.6 is 11.8 Å². The molecule has 2 aliphatic rings. The molecule has 1 N–H and O–H groups in total. The van der Waals surface area contributed by atoms with E-state index < -0.39 is 12.2 Å². The van der Waals surface area contributed by atoms with Crippen molar-refractivity contribution >= 4 is 29.6 Å². The van der Waals surface area contributed by atoms with Crippen LogP contribution in [0.25, 0.3) is 0 Å². The van der Waals surface area contributed by atoms with Crippen LogP contribution in [-0.2, 0) is 16.1 Å². The van der Waals surface area contributed by atoms with Gasteiger partial charge in [0.2, 0.25) is 11.8 Å². The Hall–Kier alpha value is -3.31. The number of carbonyl (C=O) groups is 3. The quantitative estimate of drug-likeness (QED) is 0.551. The molecule has 2 aromatic carbocycles. The summed E-state index contributed by atoms with van der Waals surface area (Å²) in [4.78, 5) is 43.8. The number of halogens is 1. The monoisotopic (exact) mass is 543 g/mol. The fourth-order valence-corrected chi connectivity index (χ4v) is 5.50. The zero-order chi connectivity index (χ0) is 27.4. The van der Waals surface area contributed by atoms with Crippen molar-refractivity contribution in [3.05, 3.63) is 65.5 Å². The van der Waals surface area contributed by atoms with E-state index in [1.54, 1.807) is 52.9 Å². The van der Waals surface area contributed by atoms with Crippen molar-refractivity contribution in [1.29, 1.82) is 0 Å². The van der Waals surface area contributed by atoms with Crippen LogP contribution in [-0.4, -0.2) is 89.1 Å². The number of nitrogens with one attached hydrogen (secondary N) is 1. The minimum Gasteiger partial charge on any atom is -0.497 e. The summed E-state index contributed by atoms with van der Waals surface area (Å²) in [5.74, 6) is 0.706. The number of fused-ring (bicyclic) bond motifs is 1. The normalized spacial score (nSPS) is 20.8. The number of likely N-dealkylation sites (N-methyl/N-ethyl adjacent to an activating group) is 1. The van der Waals surface area contributed by atoms with Gasteiger partial charge in [0.15, 0.2) is 0 Å². The van der Waals surface area contributed by atoms with Gasteiger partial charge in [0.05, 0.1) is 26.2 Å². The molecular weight excluding hydrogens is 509 g/mol. The summed E-state index contributed by atoms with van der Waals surface area (Å²) in [5.41, 5.74) is 1.68. The molecular formula is C27H34FN5O4S. The van der Waals surface area contributed by atoms with Crippen molar-refractivity contribution in [1.82, 2.24) is 25.1 Å². The van der Waals surface area contributed by atoms with E-state index in [4.69, 9.17) is 4.74 Å². The van der Waals surface area contributed by atoms with E-state index in [0.29, 0.717) is 18.7 Å². The molecule has 4 rings (SSSR count). The average Bonchev–Trinajstić information content (AvgIpc) is 2.91. The number of amides is 4. The number of hydrogen-bond acceptors (Lipinski definition) is 6. The van der Waals surface area contributed by atoms with Crippen LogP contribution in [0, 0.1) is 5.82 Å². The average molecular weight is 544 g/mol. The summed E-state index contributed by atoms with van der Waals surface area (Å²) >= 11 is 1.60. The van der Waals surface area contributed by atoms with Crippen LogP contribution in [0.3, 0.4) is 0 Å². The first kappa shape index (κ1) is 27.7. The Morgan fingerprint density at radius 3 is 2.47 bits per heavy atom. The second kappa shape index (κ2) is 12.0. The molecule has 11 heteroatoms. The van der Waals surface area contributed by atoms with Crippen LogP contribution in [0.15, 0.2) is 48.5 Å². The Kier molecular flexibility index (Phi) is 8.78. The largest absolute Gasteiger partial charge is 0.497 e. The van der Waals surface area contributed by atoms with Gasteiger partial charge in [0.1, 0.15) is 23.8 Å². The number of carbonyl (C=O) groups excluding carboxylic acids is 3. The molecule has 2 saturated heterocycles. The third kappa shape index (κ3) is 5.73. The highest BCUT2D eigenvalue weighted by Crippen LogP contribution is 2.32. The van der Waals surface area contributed by atoms with E-state index in [2.05, 4.69) is 5.32 Å². The van der Waals surface area contributed by atoms with E-state index in [1.165, 1.54) is 17.1 Å². The van der Waals surface area contributed by atoms with Gasteiger partial charge in [-0.05, 0) is 60.7 Å². The number of rotatable bonds is 8. The van der Waals surface area contributed by atoms with Crippen molar-refractivity contribution in [2.75, 3.05) is 39.3 Å². The first-order valence-electron chi connectivity index (χ1n) is 12.5. The second-order valence-electron chi connectivity index (χ2n) is 9.46. The van der Waals surface area contributed by atoms with Gasteiger partial charge in [-0.15, -0.1) is 0 Å². The van der Waals surface area contributed by atoms with Gasteiger partial charge in [-0.3, -0.25) is 9.59 Å². The summed E-state index contributed by atoms with van der Waals surface area (Å²) in [6.45, 7) is 2.30. The van der Waals surface area contributed by atoms with Gasteiger partial charge in [0.25, 0.3) is 0 Å². The molecule has 4 amide bonds. The molecule has 2 fully saturated rings. The highest BCUT2D eigenvalue weighted by molar-refractivity contribution is 7.98. The van der Waals surface area contributed by atoms with Gasteiger partial charge in [-0.25, -0.2) is 19.2 Å². The lowest BCUT2D eigenvalue weighted by Gasteiger charge is -2.55. The number of ether oxygens (including phenoxy) is 1. The molecule has 9 nitrogen and oxygen atoms in total. The number of benzene rings is 2. The fourth-order valence-electron chi connectivity index (χ4n) is 5.04. The number of piperazine rings is 1. The molecule has 0 spiro atoms. The van der Waals surface area contributed by atoms with Gasteiger partial charge in [-0.2, -0.15) is 11.8 Å². The van der Waals surface area contributed by atoms with Crippen molar-refractivity contribution in [3.63, 3.8) is 0 Å².